The number of carbonyl (C=O) groups is 1. The molecule has 2 heterocycles. The molecule has 3 rings (SSSR count). The molecule has 0 aliphatic heterocycles. The van der Waals surface area contributed by atoms with E-state index in [1.807, 2.05) is 14.0 Å². The van der Waals surface area contributed by atoms with E-state index in [1.54, 1.807) is 4.68 Å². The first kappa shape index (κ1) is 13.4. The van der Waals surface area contributed by atoms with Gasteiger partial charge in [0.25, 0.3) is 5.91 Å². The number of thiophene rings is 1. The van der Waals surface area contributed by atoms with E-state index in [0.29, 0.717) is 23.0 Å². The van der Waals surface area contributed by atoms with E-state index in [-0.39, 0.29) is 12.0 Å². The third kappa shape index (κ3) is 2.06. The van der Waals surface area contributed by atoms with E-state index in [0.717, 1.165) is 28.8 Å². The fourth-order valence-electron chi connectivity index (χ4n) is 2.68. The third-order valence-electron chi connectivity index (χ3n) is 3.85. The number of aryl methyl sites for hydroxylation is 2. The van der Waals surface area contributed by atoms with E-state index in [4.69, 9.17) is 5.73 Å². The summed E-state index contributed by atoms with van der Waals surface area (Å²) in [5, 5.41) is 17.3. The summed E-state index contributed by atoms with van der Waals surface area (Å²) in [5.41, 5.74) is 7.45. The van der Waals surface area contributed by atoms with E-state index in [9.17, 15) is 9.90 Å². The van der Waals surface area contributed by atoms with Crippen LogP contribution in [0.3, 0.4) is 0 Å². The molecular formula is C13H18N4O2S. The van der Waals surface area contributed by atoms with Crippen LogP contribution in [-0.2, 0) is 7.05 Å². The van der Waals surface area contributed by atoms with Gasteiger partial charge < -0.3 is 16.2 Å². The van der Waals surface area contributed by atoms with Gasteiger partial charge in [-0.25, -0.2) is 0 Å². The van der Waals surface area contributed by atoms with Gasteiger partial charge in [-0.15, -0.1) is 11.3 Å². The Morgan fingerprint density at radius 2 is 2.30 bits per heavy atom. The Morgan fingerprint density at radius 3 is 2.90 bits per heavy atom. The number of nitrogens with two attached hydrogens (primary N) is 1. The van der Waals surface area contributed by atoms with Crippen molar-refractivity contribution in [3.05, 3.63) is 10.6 Å². The van der Waals surface area contributed by atoms with Crippen LogP contribution in [0.4, 0.5) is 5.69 Å². The molecule has 1 saturated carbocycles. The maximum atomic E-state index is 12.2. The fraction of sp³-hybridized carbons (Fsp3) is 0.538. The summed E-state index contributed by atoms with van der Waals surface area (Å²) in [6.07, 6.45) is 1.34. The second kappa shape index (κ2) is 4.75. The summed E-state index contributed by atoms with van der Waals surface area (Å²) < 4.78 is 1.75. The average Bonchev–Trinajstić information content (AvgIpc) is 2.83. The van der Waals surface area contributed by atoms with Crippen molar-refractivity contribution in [2.75, 3.05) is 12.3 Å². The minimum atomic E-state index is -0.194. The van der Waals surface area contributed by atoms with Gasteiger partial charge in [-0.05, 0) is 25.7 Å². The smallest absolute Gasteiger partial charge is 0.263 e. The number of hydrogen-bond acceptors (Lipinski definition) is 5. The van der Waals surface area contributed by atoms with Gasteiger partial charge in [0.1, 0.15) is 9.71 Å². The molecule has 0 radical (unpaired) electrons. The van der Waals surface area contributed by atoms with Crippen LogP contribution in [0.15, 0.2) is 0 Å². The van der Waals surface area contributed by atoms with Crippen LogP contribution in [0.25, 0.3) is 10.2 Å². The monoisotopic (exact) mass is 294 g/mol. The van der Waals surface area contributed by atoms with Gasteiger partial charge in [0, 0.05) is 13.6 Å². The van der Waals surface area contributed by atoms with Crippen LogP contribution in [0, 0.1) is 12.8 Å². The van der Waals surface area contributed by atoms with Gasteiger partial charge in [-0.1, -0.05) is 0 Å². The first-order valence-electron chi connectivity index (χ1n) is 6.65. The average molecular weight is 294 g/mol. The maximum Gasteiger partial charge on any atom is 0.263 e. The van der Waals surface area contributed by atoms with Gasteiger partial charge in [0.05, 0.1) is 22.9 Å². The molecule has 2 aromatic heterocycles. The number of aromatic nitrogens is 2. The Hall–Kier alpha value is -1.60. The maximum absolute atomic E-state index is 12.2. The Labute approximate surface area is 120 Å². The van der Waals surface area contributed by atoms with Crippen molar-refractivity contribution >= 4 is 33.1 Å². The summed E-state index contributed by atoms with van der Waals surface area (Å²) in [6.45, 7) is 2.49. The number of aliphatic hydroxyl groups excluding tert-OH is 1. The van der Waals surface area contributed by atoms with Crippen LogP contribution < -0.4 is 11.1 Å². The molecule has 4 N–H and O–H groups in total. The Balaban J connectivity index is 1.77. The second-order valence-corrected chi connectivity index (χ2v) is 6.43. The zero-order valence-electron chi connectivity index (χ0n) is 11.5. The SMILES string of the molecule is Cc1nn(C)c2sc(C(=O)NCC3CC(O)C3)c(N)c12. The fourth-order valence-corrected chi connectivity index (χ4v) is 3.79. The lowest BCUT2D eigenvalue weighted by Crippen LogP contribution is -2.38. The van der Waals surface area contributed by atoms with E-state index >= 15 is 0 Å². The van der Waals surface area contributed by atoms with E-state index in [1.165, 1.54) is 11.3 Å². The van der Waals surface area contributed by atoms with Gasteiger partial charge in [-0.2, -0.15) is 5.10 Å². The second-order valence-electron chi connectivity index (χ2n) is 5.44. The lowest BCUT2D eigenvalue weighted by atomic mass is 9.82. The molecule has 20 heavy (non-hydrogen) atoms. The van der Waals surface area contributed by atoms with Gasteiger partial charge in [0.15, 0.2) is 0 Å². The van der Waals surface area contributed by atoms with Crippen molar-refractivity contribution in [1.29, 1.82) is 0 Å². The van der Waals surface area contributed by atoms with E-state index in [2.05, 4.69) is 10.4 Å². The molecule has 6 nitrogen and oxygen atoms in total. The highest BCUT2D eigenvalue weighted by atomic mass is 32.1. The lowest BCUT2D eigenvalue weighted by molar-refractivity contribution is 0.0420. The molecule has 7 heteroatoms. The van der Waals surface area contributed by atoms with Crippen molar-refractivity contribution in [3.8, 4) is 0 Å². The largest absolute Gasteiger partial charge is 0.397 e. The topological polar surface area (TPSA) is 93.2 Å². The molecule has 0 aromatic carbocycles. The summed E-state index contributed by atoms with van der Waals surface area (Å²) in [4.78, 5) is 13.7. The third-order valence-corrected chi connectivity index (χ3v) is 5.12. The molecule has 0 unspecified atom stereocenters. The number of aliphatic hydroxyl groups is 1. The molecular weight excluding hydrogens is 276 g/mol. The molecule has 0 spiro atoms. The van der Waals surface area contributed by atoms with Crippen molar-refractivity contribution < 1.29 is 9.90 Å². The van der Waals surface area contributed by atoms with Crippen molar-refractivity contribution in [2.45, 2.75) is 25.9 Å². The predicted octanol–water partition coefficient (Wildman–Crippen LogP) is 1.03. The Morgan fingerprint density at radius 1 is 1.60 bits per heavy atom. The number of nitrogens with zero attached hydrogens (tertiary/aromatic N) is 2. The molecule has 2 aromatic rings. The van der Waals surface area contributed by atoms with Gasteiger partial charge in [0.2, 0.25) is 0 Å². The van der Waals surface area contributed by atoms with Crippen LogP contribution in [0.2, 0.25) is 0 Å². The molecule has 1 aliphatic rings. The quantitative estimate of drug-likeness (QED) is 0.788. The molecule has 0 saturated heterocycles. The number of fused-ring (bicyclic) bond motifs is 1. The number of amides is 1. The molecule has 0 bridgehead atoms. The summed E-state index contributed by atoms with van der Waals surface area (Å²) >= 11 is 1.37. The Kier molecular flexibility index (Phi) is 3.18. The number of rotatable bonds is 3. The lowest BCUT2D eigenvalue weighted by Gasteiger charge is -2.31. The normalized spacial score (nSPS) is 21.9. The van der Waals surface area contributed by atoms with Crippen molar-refractivity contribution in [1.82, 2.24) is 15.1 Å². The molecule has 0 atom stereocenters. The zero-order valence-corrected chi connectivity index (χ0v) is 12.3. The standard InChI is InChI=1S/C13H18N4O2S/c1-6-9-10(14)11(20-13(9)17(2)16-6)12(19)15-5-7-3-8(18)4-7/h7-8,18H,3-5,14H2,1-2H3,(H,15,19). The van der Waals surface area contributed by atoms with Crippen LogP contribution in [0.1, 0.15) is 28.2 Å². The summed E-state index contributed by atoms with van der Waals surface area (Å²) in [5.74, 6) is 0.248. The first-order chi connectivity index (χ1) is 9.47. The first-order valence-corrected chi connectivity index (χ1v) is 7.46. The molecule has 1 fully saturated rings. The van der Waals surface area contributed by atoms with Crippen LogP contribution >= 0.6 is 11.3 Å². The molecule has 1 amide bonds. The number of nitrogen functional groups attached to an aromatic ring is 1. The zero-order chi connectivity index (χ0) is 14.4. The summed E-state index contributed by atoms with van der Waals surface area (Å²) in [7, 11) is 1.85. The number of nitrogens with one attached hydrogen (secondary N) is 1. The molecule has 1 aliphatic carbocycles. The minimum Gasteiger partial charge on any atom is -0.397 e. The van der Waals surface area contributed by atoms with Gasteiger partial charge in [-0.3, -0.25) is 9.48 Å². The highest BCUT2D eigenvalue weighted by Crippen LogP contribution is 2.35. The number of anilines is 1. The highest BCUT2D eigenvalue weighted by molar-refractivity contribution is 7.21. The van der Waals surface area contributed by atoms with Gasteiger partial charge >= 0.3 is 0 Å². The minimum absolute atomic E-state index is 0.135. The Bertz CT molecular complexity index is 670. The number of carbonyl (C=O) groups excluding carboxylic acids is 1. The van der Waals surface area contributed by atoms with E-state index < -0.39 is 0 Å². The van der Waals surface area contributed by atoms with Crippen LogP contribution in [0.5, 0.6) is 0 Å². The summed E-state index contributed by atoms with van der Waals surface area (Å²) in [6, 6.07) is 0. The molecule has 108 valence electrons. The van der Waals surface area contributed by atoms with Crippen molar-refractivity contribution in [2.24, 2.45) is 13.0 Å². The van der Waals surface area contributed by atoms with Crippen LogP contribution in [-0.4, -0.2) is 33.4 Å². The van der Waals surface area contributed by atoms with Crippen molar-refractivity contribution in [3.63, 3.8) is 0 Å². The predicted molar refractivity (Wildman–Crippen MR) is 78.8 cm³/mol. The number of hydrogen-bond donors (Lipinski definition) is 3. The highest BCUT2D eigenvalue weighted by Gasteiger charge is 2.28.